The fourth-order valence-electron chi connectivity index (χ4n) is 1.76. The van der Waals surface area contributed by atoms with Crippen LogP contribution in [0.15, 0.2) is 54.7 Å². The second-order valence-corrected chi connectivity index (χ2v) is 4.95. The fraction of sp³-hybridized carbons (Fsp3) is 0.0625. The summed E-state index contributed by atoms with van der Waals surface area (Å²) in [5.74, 6) is -0.882. The van der Waals surface area contributed by atoms with Crippen molar-refractivity contribution in [3.63, 3.8) is 0 Å². The highest BCUT2D eigenvalue weighted by atomic mass is 35.5. The molecule has 0 amide bonds. The third-order valence-corrected chi connectivity index (χ3v) is 3.21. The summed E-state index contributed by atoms with van der Waals surface area (Å²) in [5, 5.41) is 2.15. The smallest absolute Gasteiger partial charge is 0.362 e. The van der Waals surface area contributed by atoms with Crippen LogP contribution in [0.1, 0.15) is 15.9 Å². The summed E-state index contributed by atoms with van der Waals surface area (Å²) in [5.41, 5.74) is -0.580. The number of hydrogen-bond acceptors (Lipinski definition) is 2. The molecule has 0 saturated heterocycles. The highest BCUT2D eigenvalue weighted by Crippen LogP contribution is 2.36. The van der Waals surface area contributed by atoms with Crippen molar-refractivity contribution in [3.8, 4) is 0 Å². The Bertz CT molecular complexity index is 739. The van der Waals surface area contributed by atoms with E-state index >= 15 is 0 Å². The number of hydrogen-bond donors (Lipinski definition) is 1. The molecule has 0 aliphatic rings. The lowest BCUT2D eigenvalue weighted by Crippen LogP contribution is -2.06. The van der Waals surface area contributed by atoms with Crippen LogP contribution in [0.4, 0.5) is 23.2 Å². The Morgan fingerprint density at radius 1 is 1.09 bits per heavy atom. The molecule has 0 aromatic heterocycles. The van der Waals surface area contributed by atoms with E-state index in [0.29, 0.717) is 0 Å². The lowest BCUT2D eigenvalue weighted by molar-refractivity contribution is -0.137. The number of anilines is 1. The number of ketones is 1. The minimum absolute atomic E-state index is 0.130. The van der Waals surface area contributed by atoms with E-state index in [1.165, 1.54) is 24.4 Å². The first kappa shape index (κ1) is 17.0. The van der Waals surface area contributed by atoms with Gasteiger partial charge in [-0.15, -0.1) is 0 Å². The third-order valence-electron chi connectivity index (χ3n) is 2.89. The molecule has 1 N–H and O–H groups in total. The molecular formula is C16H10ClF4NO. The van der Waals surface area contributed by atoms with Gasteiger partial charge in [-0.2, -0.15) is 13.2 Å². The van der Waals surface area contributed by atoms with Crippen molar-refractivity contribution >= 4 is 23.1 Å². The van der Waals surface area contributed by atoms with Crippen LogP contribution in [0.3, 0.4) is 0 Å². The summed E-state index contributed by atoms with van der Waals surface area (Å²) in [6, 6.07) is 8.21. The molecular weight excluding hydrogens is 334 g/mol. The number of nitrogens with one attached hydrogen (secondary N) is 1. The van der Waals surface area contributed by atoms with Crippen LogP contribution < -0.4 is 5.32 Å². The number of halogens is 5. The quantitative estimate of drug-likeness (QED) is 0.463. The van der Waals surface area contributed by atoms with E-state index in [1.54, 1.807) is 0 Å². The summed E-state index contributed by atoms with van der Waals surface area (Å²) in [6.45, 7) is 0. The third kappa shape index (κ3) is 4.56. The normalized spacial score (nSPS) is 11.7. The topological polar surface area (TPSA) is 29.1 Å². The number of carbonyl (C=O) groups is 1. The highest BCUT2D eigenvalue weighted by molar-refractivity contribution is 6.31. The van der Waals surface area contributed by atoms with E-state index in [-0.39, 0.29) is 11.3 Å². The fourth-order valence-corrected chi connectivity index (χ4v) is 1.98. The van der Waals surface area contributed by atoms with Gasteiger partial charge in [-0.25, -0.2) is 4.39 Å². The SMILES string of the molecule is O=C(C=CNc1ccc(Cl)c(C(F)(F)F)c1)c1ccc(F)cc1. The Labute approximate surface area is 134 Å². The molecule has 0 atom stereocenters. The van der Waals surface area contributed by atoms with Crippen molar-refractivity contribution in [2.24, 2.45) is 0 Å². The molecule has 2 aromatic carbocycles. The monoisotopic (exact) mass is 343 g/mol. The minimum Gasteiger partial charge on any atom is -0.362 e. The molecule has 0 spiro atoms. The molecule has 2 nitrogen and oxygen atoms in total. The molecule has 7 heteroatoms. The molecule has 23 heavy (non-hydrogen) atoms. The van der Waals surface area contributed by atoms with E-state index in [1.807, 2.05) is 0 Å². The standard InChI is InChI=1S/C16H10ClF4NO/c17-14-6-5-12(9-13(14)16(19,20)21)22-8-7-15(23)10-1-3-11(18)4-2-10/h1-9,22H. The summed E-state index contributed by atoms with van der Waals surface area (Å²) in [7, 11) is 0. The van der Waals surface area contributed by atoms with Gasteiger partial charge in [0.15, 0.2) is 5.78 Å². The van der Waals surface area contributed by atoms with Gasteiger partial charge in [0.1, 0.15) is 5.82 Å². The molecule has 0 bridgehead atoms. The van der Waals surface area contributed by atoms with Crippen LogP contribution in [0.5, 0.6) is 0 Å². The van der Waals surface area contributed by atoms with E-state index in [2.05, 4.69) is 5.32 Å². The van der Waals surface area contributed by atoms with Crippen molar-refractivity contribution in [1.82, 2.24) is 0 Å². The number of carbonyl (C=O) groups excluding carboxylic acids is 1. The molecule has 0 aliphatic heterocycles. The van der Waals surface area contributed by atoms with Gasteiger partial charge in [0.25, 0.3) is 0 Å². The maximum atomic E-state index is 12.7. The molecule has 0 radical (unpaired) electrons. The van der Waals surface area contributed by atoms with Crippen LogP contribution in [0, 0.1) is 5.82 Å². The largest absolute Gasteiger partial charge is 0.417 e. The molecule has 2 rings (SSSR count). The van der Waals surface area contributed by atoms with Gasteiger partial charge in [-0.05, 0) is 42.5 Å². The molecule has 0 unspecified atom stereocenters. The Morgan fingerprint density at radius 2 is 1.74 bits per heavy atom. The Hall–Kier alpha value is -2.34. The van der Waals surface area contributed by atoms with Crippen molar-refractivity contribution < 1.29 is 22.4 Å². The van der Waals surface area contributed by atoms with Crippen LogP contribution in [0.2, 0.25) is 5.02 Å². The van der Waals surface area contributed by atoms with Gasteiger partial charge in [0, 0.05) is 23.5 Å². The second-order valence-electron chi connectivity index (χ2n) is 4.54. The average molecular weight is 344 g/mol. The van der Waals surface area contributed by atoms with Gasteiger partial charge in [-0.1, -0.05) is 11.6 Å². The van der Waals surface area contributed by atoms with Crippen LogP contribution in [-0.4, -0.2) is 5.78 Å². The maximum absolute atomic E-state index is 12.7. The molecule has 2 aromatic rings. The summed E-state index contributed by atoms with van der Waals surface area (Å²) in [4.78, 5) is 11.8. The van der Waals surface area contributed by atoms with Crippen molar-refractivity contribution in [2.45, 2.75) is 6.18 Å². The number of alkyl halides is 3. The van der Waals surface area contributed by atoms with E-state index in [4.69, 9.17) is 11.6 Å². The number of benzene rings is 2. The van der Waals surface area contributed by atoms with Crippen LogP contribution >= 0.6 is 11.6 Å². The Kier molecular flexibility index (Phi) is 5.05. The average Bonchev–Trinajstić information content (AvgIpc) is 2.48. The summed E-state index contributed by atoms with van der Waals surface area (Å²) >= 11 is 5.51. The first-order chi connectivity index (χ1) is 10.8. The summed E-state index contributed by atoms with van der Waals surface area (Å²) < 4.78 is 50.9. The number of allylic oxidation sites excluding steroid dienone is 1. The first-order valence-corrected chi connectivity index (χ1v) is 6.75. The molecule has 0 heterocycles. The van der Waals surface area contributed by atoms with Crippen molar-refractivity contribution in [2.75, 3.05) is 5.32 Å². The minimum atomic E-state index is -4.57. The van der Waals surface area contributed by atoms with Crippen molar-refractivity contribution in [3.05, 3.63) is 76.7 Å². The van der Waals surface area contributed by atoms with Gasteiger partial charge in [0.2, 0.25) is 0 Å². The van der Waals surface area contributed by atoms with Crippen LogP contribution in [-0.2, 0) is 6.18 Å². The lowest BCUT2D eigenvalue weighted by Gasteiger charge is -2.10. The van der Waals surface area contributed by atoms with Gasteiger partial charge in [-0.3, -0.25) is 4.79 Å². The predicted molar refractivity (Wildman–Crippen MR) is 79.9 cm³/mol. The van der Waals surface area contributed by atoms with Crippen molar-refractivity contribution in [1.29, 1.82) is 0 Å². The van der Waals surface area contributed by atoms with Crippen LogP contribution in [0.25, 0.3) is 0 Å². The van der Waals surface area contributed by atoms with E-state index in [9.17, 15) is 22.4 Å². The maximum Gasteiger partial charge on any atom is 0.417 e. The second kappa shape index (κ2) is 6.83. The highest BCUT2D eigenvalue weighted by Gasteiger charge is 2.33. The molecule has 0 aliphatic carbocycles. The zero-order valence-corrected chi connectivity index (χ0v) is 12.3. The van der Waals surface area contributed by atoms with E-state index in [0.717, 1.165) is 30.3 Å². The molecule has 0 fully saturated rings. The van der Waals surface area contributed by atoms with E-state index < -0.39 is 28.4 Å². The Balaban J connectivity index is 2.08. The van der Waals surface area contributed by atoms with Gasteiger partial charge >= 0.3 is 6.18 Å². The predicted octanol–water partition coefficient (Wildman–Crippen LogP) is 5.31. The Morgan fingerprint density at radius 3 is 2.35 bits per heavy atom. The zero-order chi connectivity index (χ0) is 17.0. The lowest BCUT2D eigenvalue weighted by atomic mass is 10.1. The zero-order valence-electron chi connectivity index (χ0n) is 11.5. The van der Waals surface area contributed by atoms with Gasteiger partial charge < -0.3 is 5.32 Å². The number of rotatable bonds is 4. The molecule has 120 valence electrons. The first-order valence-electron chi connectivity index (χ1n) is 6.37. The molecule has 0 saturated carbocycles. The van der Waals surface area contributed by atoms with Gasteiger partial charge in [0.05, 0.1) is 10.6 Å². The summed E-state index contributed by atoms with van der Waals surface area (Å²) in [6.07, 6.45) is -2.23.